The number of anilines is 1. The van der Waals surface area contributed by atoms with Crippen LogP contribution in [-0.2, 0) is 4.74 Å². The van der Waals surface area contributed by atoms with Gasteiger partial charge in [0.2, 0.25) is 0 Å². The number of methoxy groups -OCH3 is 1. The van der Waals surface area contributed by atoms with Gasteiger partial charge in [0.15, 0.2) is 0 Å². The van der Waals surface area contributed by atoms with Gasteiger partial charge >= 0.3 is 5.97 Å². The summed E-state index contributed by atoms with van der Waals surface area (Å²) in [6, 6.07) is 4.68. The zero-order chi connectivity index (χ0) is 14.4. The maximum Gasteiger partial charge on any atom is 0.339 e. The lowest BCUT2D eigenvalue weighted by molar-refractivity contribution is 0.0144. The molecule has 0 saturated carbocycles. The second-order valence-corrected chi connectivity index (χ2v) is 4.20. The van der Waals surface area contributed by atoms with E-state index in [-0.39, 0.29) is 11.3 Å². The molecule has 0 fully saturated rings. The molecule has 19 heavy (non-hydrogen) atoms. The average molecular weight is 268 g/mol. The Bertz CT molecular complexity index is 437. The number of benzene rings is 1. The summed E-state index contributed by atoms with van der Waals surface area (Å²) in [5.41, 5.74) is 6.48. The van der Waals surface area contributed by atoms with E-state index >= 15 is 0 Å². The van der Waals surface area contributed by atoms with Crippen molar-refractivity contribution >= 4 is 11.7 Å². The minimum absolute atomic E-state index is 0.130. The maximum atomic E-state index is 11.5. The number of rotatable bonds is 6. The van der Waals surface area contributed by atoms with Crippen LogP contribution in [0.15, 0.2) is 18.2 Å². The molecular formula is C13H20N2O4. The molecule has 0 bridgehead atoms. The van der Waals surface area contributed by atoms with Crippen molar-refractivity contribution in [3.8, 4) is 0 Å². The van der Waals surface area contributed by atoms with Crippen molar-refractivity contribution in [3.05, 3.63) is 29.3 Å². The normalized spacial score (nSPS) is 13.9. The lowest BCUT2D eigenvalue weighted by Crippen LogP contribution is -2.24. The largest absolute Gasteiger partial charge is 0.465 e. The minimum Gasteiger partial charge on any atom is -0.465 e. The number of nitrogen functional groups attached to an aromatic ring is 1. The standard InChI is InChI=1S/C13H20N2O4/c1-15-7-6-10(16)12(17)8-4-3-5-9(11(8)14)13(18)19-2/h3-5,10,12,15-17H,6-7,14H2,1-2H3. The summed E-state index contributed by atoms with van der Waals surface area (Å²) in [5.74, 6) is -0.573. The maximum absolute atomic E-state index is 11.5. The average Bonchev–Trinajstić information content (AvgIpc) is 2.43. The Labute approximate surface area is 112 Å². The van der Waals surface area contributed by atoms with Crippen molar-refractivity contribution in [2.45, 2.75) is 18.6 Å². The molecule has 0 saturated heterocycles. The van der Waals surface area contributed by atoms with Crippen molar-refractivity contribution in [2.24, 2.45) is 0 Å². The molecule has 2 unspecified atom stereocenters. The number of esters is 1. The van der Waals surface area contributed by atoms with Crippen molar-refractivity contribution in [1.29, 1.82) is 0 Å². The Morgan fingerprint density at radius 1 is 1.47 bits per heavy atom. The van der Waals surface area contributed by atoms with Crippen molar-refractivity contribution in [3.63, 3.8) is 0 Å². The summed E-state index contributed by atoms with van der Waals surface area (Å²) < 4.78 is 4.60. The third kappa shape index (κ3) is 3.66. The van der Waals surface area contributed by atoms with E-state index in [2.05, 4.69) is 10.1 Å². The molecular weight excluding hydrogens is 248 g/mol. The summed E-state index contributed by atoms with van der Waals surface area (Å²) in [6.45, 7) is 0.564. The summed E-state index contributed by atoms with van der Waals surface area (Å²) in [5, 5.41) is 22.8. The van der Waals surface area contributed by atoms with Crippen LogP contribution in [0.5, 0.6) is 0 Å². The number of para-hydroxylation sites is 1. The number of carbonyl (C=O) groups is 1. The quantitative estimate of drug-likeness (QED) is 0.429. The smallest absolute Gasteiger partial charge is 0.339 e. The van der Waals surface area contributed by atoms with E-state index in [0.29, 0.717) is 18.5 Å². The van der Waals surface area contributed by atoms with E-state index in [1.807, 2.05) is 0 Å². The van der Waals surface area contributed by atoms with E-state index in [9.17, 15) is 15.0 Å². The van der Waals surface area contributed by atoms with Crippen LogP contribution in [0.3, 0.4) is 0 Å². The molecule has 106 valence electrons. The Morgan fingerprint density at radius 2 is 2.16 bits per heavy atom. The van der Waals surface area contributed by atoms with Gasteiger partial charge in [-0.1, -0.05) is 12.1 Å². The number of ether oxygens (including phenoxy) is 1. The first-order valence-corrected chi connectivity index (χ1v) is 6.00. The van der Waals surface area contributed by atoms with Gasteiger partial charge in [0.1, 0.15) is 6.10 Å². The SMILES string of the molecule is CNCCC(O)C(O)c1cccc(C(=O)OC)c1N. The third-order valence-electron chi connectivity index (χ3n) is 2.92. The van der Waals surface area contributed by atoms with Crippen molar-refractivity contribution < 1.29 is 19.7 Å². The van der Waals surface area contributed by atoms with Crippen molar-refractivity contribution in [2.75, 3.05) is 26.4 Å². The van der Waals surface area contributed by atoms with Crippen LogP contribution in [0.25, 0.3) is 0 Å². The number of nitrogens with two attached hydrogens (primary N) is 1. The van der Waals surface area contributed by atoms with Crippen LogP contribution in [0.1, 0.15) is 28.4 Å². The van der Waals surface area contributed by atoms with Crippen LogP contribution < -0.4 is 11.1 Å². The van der Waals surface area contributed by atoms with E-state index in [1.165, 1.54) is 13.2 Å². The Hall–Kier alpha value is -1.63. The van der Waals surface area contributed by atoms with Crippen molar-refractivity contribution in [1.82, 2.24) is 5.32 Å². The van der Waals surface area contributed by atoms with Gasteiger partial charge in [-0.25, -0.2) is 4.79 Å². The monoisotopic (exact) mass is 268 g/mol. The molecule has 1 aromatic rings. The van der Waals surface area contributed by atoms with Crippen LogP contribution >= 0.6 is 0 Å². The Kier molecular flexibility index (Phi) is 5.75. The Balaban J connectivity index is 2.97. The fourth-order valence-corrected chi connectivity index (χ4v) is 1.79. The molecule has 1 rings (SSSR count). The first kappa shape index (κ1) is 15.4. The highest BCUT2D eigenvalue weighted by molar-refractivity contribution is 5.95. The zero-order valence-electron chi connectivity index (χ0n) is 11.1. The molecule has 0 aliphatic carbocycles. The van der Waals surface area contributed by atoms with E-state index in [4.69, 9.17) is 5.73 Å². The minimum atomic E-state index is -1.14. The summed E-state index contributed by atoms with van der Waals surface area (Å²) >= 11 is 0. The molecule has 6 heteroatoms. The number of hydrogen-bond donors (Lipinski definition) is 4. The van der Waals surface area contributed by atoms with Crippen LogP contribution in [0.4, 0.5) is 5.69 Å². The van der Waals surface area contributed by atoms with E-state index in [1.54, 1.807) is 19.2 Å². The molecule has 0 radical (unpaired) electrons. The number of aliphatic hydroxyl groups is 2. The van der Waals surface area contributed by atoms with Gasteiger partial charge in [-0.15, -0.1) is 0 Å². The summed E-state index contributed by atoms with van der Waals surface area (Å²) in [6.07, 6.45) is -1.72. The molecule has 1 aromatic carbocycles. The molecule has 2 atom stereocenters. The van der Waals surface area contributed by atoms with Gasteiger partial charge in [0, 0.05) is 5.56 Å². The van der Waals surface area contributed by atoms with E-state index in [0.717, 1.165) is 0 Å². The number of nitrogens with one attached hydrogen (secondary N) is 1. The second kappa shape index (κ2) is 7.08. The highest BCUT2D eigenvalue weighted by Crippen LogP contribution is 2.27. The third-order valence-corrected chi connectivity index (χ3v) is 2.92. The molecule has 0 aliphatic heterocycles. The summed E-state index contributed by atoms with van der Waals surface area (Å²) in [4.78, 5) is 11.5. The molecule has 0 aliphatic rings. The first-order chi connectivity index (χ1) is 9.02. The number of aliphatic hydroxyl groups excluding tert-OH is 2. The second-order valence-electron chi connectivity index (χ2n) is 4.20. The molecule has 6 nitrogen and oxygen atoms in total. The molecule has 0 amide bonds. The fraction of sp³-hybridized carbons (Fsp3) is 0.462. The number of carbonyl (C=O) groups excluding carboxylic acids is 1. The topological polar surface area (TPSA) is 105 Å². The fourth-order valence-electron chi connectivity index (χ4n) is 1.79. The predicted molar refractivity (Wildman–Crippen MR) is 71.7 cm³/mol. The highest BCUT2D eigenvalue weighted by atomic mass is 16.5. The van der Waals surface area contributed by atoms with Gasteiger partial charge in [-0.05, 0) is 26.1 Å². The molecule has 5 N–H and O–H groups in total. The van der Waals surface area contributed by atoms with Gasteiger partial charge in [0.05, 0.1) is 24.5 Å². The van der Waals surface area contributed by atoms with Crippen LogP contribution in [0.2, 0.25) is 0 Å². The van der Waals surface area contributed by atoms with E-state index < -0.39 is 18.2 Å². The zero-order valence-corrected chi connectivity index (χ0v) is 11.1. The summed E-state index contributed by atoms with van der Waals surface area (Å²) in [7, 11) is 3.01. The lowest BCUT2D eigenvalue weighted by atomic mass is 9.97. The van der Waals surface area contributed by atoms with Gasteiger partial charge in [-0.3, -0.25) is 0 Å². The number of hydrogen-bond acceptors (Lipinski definition) is 6. The first-order valence-electron chi connectivity index (χ1n) is 6.00. The molecule has 0 aromatic heterocycles. The molecule has 0 spiro atoms. The van der Waals surface area contributed by atoms with Gasteiger partial charge < -0.3 is 26.0 Å². The predicted octanol–water partition coefficient (Wildman–Crippen LogP) is 0.0592. The highest BCUT2D eigenvalue weighted by Gasteiger charge is 2.23. The Morgan fingerprint density at radius 3 is 2.74 bits per heavy atom. The van der Waals surface area contributed by atoms with Crippen LogP contribution in [0, 0.1) is 0 Å². The van der Waals surface area contributed by atoms with Crippen LogP contribution in [-0.4, -0.2) is 43.0 Å². The van der Waals surface area contributed by atoms with Gasteiger partial charge in [0.25, 0.3) is 0 Å². The lowest BCUT2D eigenvalue weighted by Gasteiger charge is -2.20. The van der Waals surface area contributed by atoms with Gasteiger partial charge in [-0.2, -0.15) is 0 Å². The molecule has 0 heterocycles.